The molecule has 0 aliphatic carbocycles. The molecule has 1 heterocycles. The third-order valence-electron chi connectivity index (χ3n) is 4.24. The number of nitrogens with one attached hydrogen (secondary N) is 1. The highest BCUT2D eigenvalue weighted by Gasteiger charge is 2.30. The highest BCUT2D eigenvalue weighted by atomic mass is 16.2. The number of carbonyl (C=O) groups is 1. The van der Waals surface area contributed by atoms with E-state index < -0.39 is 0 Å². The zero-order valence-corrected chi connectivity index (χ0v) is 12.8. The second kappa shape index (κ2) is 5.36. The summed E-state index contributed by atoms with van der Waals surface area (Å²) in [6.45, 7) is 6.45. The quantitative estimate of drug-likeness (QED) is 0.886. The highest BCUT2D eigenvalue weighted by molar-refractivity contribution is 6.03. The summed E-state index contributed by atoms with van der Waals surface area (Å²) in [5, 5.41) is 2.99. The molecule has 0 fully saturated rings. The number of aryl methyl sites for hydroxylation is 1. The lowest BCUT2D eigenvalue weighted by Crippen LogP contribution is -2.14. The minimum atomic E-state index is -0.0650. The van der Waals surface area contributed by atoms with Crippen LogP contribution in [-0.2, 0) is 11.2 Å². The summed E-state index contributed by atoms with van der Waals surface area (Å²) in [5.41, 5.74) is 5.85. The Morgan fingerprint density at radius 3 is 2.48 bits per heavy atom. The molecule has 108 valence electrons. The molecule has 2 nitrogen and oxygen atoms in total. The van der Waals surface area contributed by atoms with Crippen LogP contribution in [0.4, 0.5) is 5.69 Å². The molecule has 1 aliphatic heterocycles. The molecule has 1 aliphatic rings. The van der Waals surface area contributed by atoms with Gasteiger partial charge in [0.05, 0.1) is 5.92 Å². The number of carbonyl (C=O) groups excluding carboxylic acids is 1. The Labute approximate surface area is 126 Å². The van der Waals surface area contributed by atoms with Crippen LogP contribution in [0.5, 0.6) is 0 Å². The van der Waals surface area contributed by atoms with Crippen LogP contribution in [0.1, 0.15) is 47.9 Å². The molecule has 2 aromatic rings. The van der Waals surface area contributed by atoms with E-state index in [2.05, 4.69) is 56.4 Å². The number of fused-ring (bicyclic) bond motifs is 1. The van der Waals surface area contributed by atoms with Crippen LogP contribution in [0.15, 0.2) is 42.5 Å². The lowest BCUT2D eigenvalue weighted by atomic mass is 9.91. The van der Waals surface area contributed by atoms with Gasteiger partial charge in [-0.05, 0) is 42.0 Å². The van der Waals surface area contributed by atoms with E-state index in [1.165, 1.54) is 16.7 Å². The molecule has 0 saturated heterocycles. The molecule has 1 N–H and O–H groups in total. The topological polar surface area (TPSA) is 29.1 Å². The van der Waals surface area contributed by atoms with E-state index in [0.29, 0.717) is 5.92 Å². The molecule has 0 saturated carbocycles. The first-order valence-electron chi connectivity index (χ1n) is 7.55. The number of benzene rings is 2. The minimum Gasteiger partial charge on any atom is -0.325 e. The fourth-order valence-corrected chi connectivity index (χ4v) is 2.92. The van der Waals surface area contributed by atoms with Crippen molar-refractivity contribution in [2.75, 3.05) is 5.32 Å². The van der Waals surface area contributed by atoms with Crippen molar-refractivity contribution in [2.45, 2.75) is 39.0 Å². The van der Waals surface area contributed by atoms with E-state index in [4.69, 9.17) is 0 Å². The Morgan fingerprint density at radius 1 is 1.10 bits per heavy atom. The molecule has 0 spiro atoms. The van der Waals surface area contributed by atoms with Crippen molar-refractivity contribution in [2.24, 2.45) is 0 Å². The first kappa shape index (κ1) is 13.9. The maximum atomic E-state index is 12.2. The maximum Gasteiger partial charge on any atom is 0.232 e. The summed E-state index contributed by atoms with van der Waals surface area (Å²) < 4.78 is 0. The van der Waals surface area contributed by atoms with Gasteiger partial charge in [-0.25, -0.2) is 0 Å². The summed E-state index contributed by atoms with van der Waals surface area (Å²) in [4.78, 5) is 12.2. The second-order valence-corrected chi connectivity index (χ2v) is 6.23. The summed E-state index contributed by atoms with van der Waals surface area (Å²) in [6.07, 6.45) is 0.765. The van der Waals surface area contributed by atoms with E-state index in [9.17, 15) is 4.79 Å². The van der Waals surface area contributed by atoms with E-state index in [0.717, 1.165) is 17.7 Å². The van der Waals surface area contributed by atoms with Gasteiger partial charge in [0.1, 0.15) is 0 Å². The molecule has 0 radical (unpaired) electrons. The van der Waals surface area contributed by atoms with Gasteiger partial charge in [-0.3, -0.25) is 4.79 Å². The van der Waals surface area contributed by atoms with Crippen LogP contribution in [0, 0.1) is 6.92 Å². The van der Waals surface area contributed by atoms with Gasteiger partial charge >= 0.3 is 0 Å². The molecule has 0 bridgehead atoms. The Bertz CT molecular complexity index is 670. The fraction of sp³-hybridized carbons (Fsp3) is 0.316. The van der Waals surface area contributed by atoms with Gasteiger partial charge in [-0.2, -0.15) is 0 Å². The molecule has 2 heteroatoms. The van der Waals surface area contributed by atoms with E-state index in [1.807, 2.05) is 12.1 Å². The maximum absolute atomic E-state index is 12.2. The van der Waals surface area contributed by atoms with Crippen molar-refractivity contribution in [3.63, 3.8) is 0 Å². The summed E-state index contributed by atoms with van der Waals surface area (Å²) in [5.74, 6) is 0.588. The molecule has 1 atom stereocenters. The van der Waals surface area contributed by atoms with Gasteiger partial charge in [-0.15, -0.1) is 0 Å². The largest absolute Gasteiger partial charge is 0.325 e. The van der Waals surface area contributed by atoms with Crippen molar-refractivity contribution < 1.29 is 4.79 Å². The zero-order chi connectivity index (χ0) is 15.0. The lowest BCUT2D eigenvalue weighted by molar-refractivity contribution is -0.117. The SMILES string of the molecule is Cc1ccc2c(c1)[C@H](Cc1ccc(C(C)C)cc1)C(=O)N2. The van der Waals surface area contributed by atoms with Gasteiger partial charge < -0.3 is 5.32 Å². The van der Waals surface area contributed by atoms with Crippen molar-refractivity contribution >= 4 is 11.6 Å². The van der Waals surface area contributed by atoms with Crippen LogP contribution in [0.3, 0.4) is 0 Å². The highest BCUT2D eigenvalue weighted by Crippen LogP contribution is 2.35. The van der Waals surface area contributed by atoms with Gasteiger partial charge in [0.2, 0.25) is 5.91 Å². The van der Waals surface area contributed by atoms with Gasteiger partial charge in [-0.1, -0.05) is 55.8 Å². The Balaban J connectivity index is 1.85. The van der Waals surface area contributed by atoms with Crippen LogP contribution in [-0.4, -0.2) is 5.91 Å². The molecule has 3 rings (SSSR count). The first-order valence-corrected chi connectivity index (χ1v) is 7.55. The van der Waals surface area contributed by atoms with E-state index in [-0.39, 0.29) is 11.8 Å². The monoisotopic (exact) mass is 279 g/mol. The van der Waals surface area contributed by atoms with Gasteiger partial charge in [0.15, 0.2) is 0 Å². The predicted octanol–water partition coefficient (Wildman–Crippen LogP) is 4.40. The standard InChI is InChI=1S/C19H21NO/c1-12(2)15-7-5-14(6-8-15)11-17-16-10-13(3)4-9-18(16)20-19(17)21/h4-10,12,17H,11H2,1-3H3,(H,20,21)/t17-/m0/s1. The number of hydrogen-bond acceptors (Lipinski definition) is 1. The summed E-state index contributed by atoms with van der Waals surface area (Å²) in [6, 6.07) is 14.8. The summed E-state index contributed by atoms with van der Waals surface area (Å²) in [7, 11) is 0. The van der Waals surface area contributed by atoms with Crippen molar-refractivity contribution in [1.82, 2.24) is 0 Å². The van der Waals surface area contributed by atoms with Gasteiger partial charge in [0.25, 0.3) is 0 Å². The number of anilines is 1. The molecule has 21 heavy (non-hydrogen) atoms. The number of hydrogen-bond donors (Lipinski definition) is 1. The third kappa shape index (κ3) is 2.71. The minimum absolute atomic E-state index is 0.0650. The number of amides is 1. The molecular formula is C19H21NO. The Kier molecular flexibility index (Phi) is 3.54. The molecule has 2 aromatic carbocycles. The van der Waals surface area contributed by atoms with Gasteiger partial charge in [0, 0.05) is 5.69 Å². The molecule has 1 amide bonds. The fourth-order valence-electron chi connectivity index (χ4n) is 2.92. The summed E-state index contributed by atoms with van der Waals surface area (Å²) >= 11 is 0. The zero-order valence-electron chi connectivity index (χ0n) is 12.8. The Hall–Kier alpha value is -2.09. The number of rotatable bonds is 3. The first-order chi connectivity index (χ1) is 10.0. The van der Waals surface area contributed by atoms with E-state index in [1.54, 1.807) is 0 Å². The predicted molar refractivity (Wildman–Crippen MR) is 86.8 cm³/mol. The average Bonchev–Trinajstić information content (AvgIpc) is 2.76. The van der Waals surface area contributed by atoms with Crippen molar-refractivity contribution in [1.29, 1.82) is 0 Å². The normalized spacial score (nSPS) is 17.0. The smallest absolute Gasteiger partial charge is 0.232 e. The lowest BCUT2D eigenvalue weighted by Gasteiger charge is -2.11. The second-order valence-electron chi connectivity index (χ2n) is 6.23. The third-order valence-corrected chi connectivity index (χ3v) is 4.24. The van der Waals surface area contributed by atoms with Crippen molar-refractivity contribution in [3.8, 4) is 0 Å². The Morgan fingerprint density at radius 2 is 1.81 bits per heavy atom. The average molecular weight is 279 g/mol. The van der Waals surface area contributed by atoms with Crippen LogP contribution in [0.2, 0.25) is 0 Å². The van der Waals surface area contributed by atoms with Crippen LogP contribution >= 0.6 is 0 Å². The van der Waals surface area contributed by atoms with Crippen LogP contribution < -0.4 is 5.32 Å². The molecular weight excluding hydrogens is 258 g/mol. The van der Waals surface area contributed by atoms with Crippen LogP contribution in [0.25, 0.3) is 0 Å². The molecule has 0 unspecified atom stereocenters. The van der Waals surface area contributed by atoms with E-state index >= 15 is 0 Å². The molecule has 0 aromatic heterocycles. The van der Waals surface area contributed by atoms with Crippen molar-refractivity contribution in [3.05, 3.63) is 64.7 Å².